The largest absolute Gasteiger partial charge is 0.329 e. The molecule has 2 N–H and O–H groups in total. The van der Waals surface area contributed by atoms with Gasteiger partial charge in [0, 0.05) is 24.0 Å². The molecule has 3 rings (SSSR count). The van der Waals surface area contributed by atoms with Crippen LogP contribution in [0.1, 0.15) is 66.7 Å². The molecule has 130 valence electrons. The maximum absolute atomic E-state index is 12.4. The van der Waals surface area contributed by atoms with E-state index in [1.807, 2.05) is 31.6 Å². The number of carbonyl (C=O) groups excluding carboxylic acids is 1. The van der Waals surface area contributed by atoms with Crippen LogP contribution in [0.25, 0.3) is 0 Å². The van der Waals surface area contributed by atoms with Gasteiger partial charge in [0.25, 0.3) is 0 Å². The Labute approximate surface area is 145 Å². The smallest absolute Gasteiger partial charge is 0.315 e. The molecule has 0 spiro atoms. The van der Waals surface area contributed by atoms with E-state index in [2.05, 4.69) is 25.7 Å². The predicted molar refractivity (Wildman–Crippen MR) is 92.9 cm³/mol. The molecule has 1 aliphatic rings. The van der Waals surface area contributed by atoms with Gasteiger partial charge in [-0.05, 0) is 26.2 Å². The molecule has 0 saturated carbocycles. The van der Waals surface area contributed by atoms with Crippen LogP contribution in [-0.2, 0) is 13.0 Å². The van der Waals surface area contributed by atoms with Crippen LogP contribution in [0.5, 0.6) is 0 Å². The van der Waals surface area contributed by atoms with E-state index in [0.717, 1.165) is 53.8 Å². The first-order valence-electron chi connectivity index (χ1n) is 8.53. The number of hydrogen-bond acceptors (Lipinski definition) is 5. The molecular formula is C16H24N6OS. The number of fused-ring (bicyclic) bond motifs is 1. The van der Waals surface area contributed by atoms with Crippen LogP contribution < -0.4 is 10.6 Å². The van der Waals surface area contributed by atoms with Crippen LogP contribution >= 0.6 is 11.3 Å². The van der Waals surface area contributed by atoms with Crippen molar-refractivity contribution in [2.75, 3.05) is 0 Å². The Kier molecular flexibility index (Phi) is 5.13. The Hall–Kier alpha value is -1.96. The Morgan fingerprint density at radius 3 is 3.00 bits per heavy atom. The van der Waals surface area contributed by atoms with Gasteiger partial charge in [0.15, 0.2) is 5.82 Å². The standard InChI is InChI=1S/C16H24N6OS/c1-4-11(15-17-9-10(3)24-15)18-16(23)19-12-7-6-8-22-14(12)20-13(5-2)21-22/h9,11-12H,4-8H2,1-3H3,(H2,18,19,23). The quantitative estimate of drug-likeness (QED) is 0.870. The SMILES string of the molecule is CCc1nc2n(n1)CCCC2NC(=O)NC(CC)c1ncc(C)s1. The highest BCUT2D eigenvalue weighted by molar-refractivity contribution is 7.11. The Bertz CT molecular complexity index is 709. The molecule has 0 radical (unpaired) electrons. The monoisotopic (exact) mass is 348 g/mol. The van der Waals surface area contributed by atoms with Crippen molar-refractivity contribution in [1.82, 2.24) is 30.4 Å². The molecule has 0 fully saturated rings. The topological polar surface area (TPSA) is 84.7 Å². The molecular weight excluding hydrogens is 324 g/mol. The van der Waals surface area contributed by atoms with Gasteiger partial charge in [-0.25, -0.2) is 19.4 Å². The van der Waals surface area contributed by atoms with Gasteiger partial charge in [0.1, 0.15) is 10.8 Å². The summed E-state index contributed by atoms with van der Waals surface area (Å²) in [6.07, 6.45) is 5.34. The van der Waals surface area contributed by atoms with Crippen molar-refractivity contribution >= 4 is 17.4 Å². The number of amides is 2. The summed E-state index contributed by atoms with van der Waals surface area (Å²) in [7, 11) is 0. The minimum Gasteiger partial charge on any atom is -0.329 e. The molecule has 2 amide bonds. The van der Waals surface area contributed by atoms with Crippen LogP contribution in [0, 0.1) is 6.92 Å². The Balaban J connectivity index is 1.66. The molecule has 24 heavy (non-hydrogen) atoms. The second kappa shape index (κ2) is 7.29. The van der Waals surface area contributed by atoms with Gasteiger partial charge in [-0.3, -0.25) is 0 Å². The summed E-state index contributed by atoms with van der Waals surface area (Å²) >= 11 is 1.62. The van der Waals surface area contributed by atoms with Gasteiger partial charge < -0.3 is 10.6 Å². The Morgan fingerprint density at radius 1 is 1.50 bits per heavy atom. The summed E-state index contributed by atoms with van der Waals surface area (Å²) in [5.74, 6) is 1.70. The second-order valence-electron chi connectivity index (χ2n) is 6.05. The van der Waals surface area contributed by atoms with Gasteiger partial charge in [-0.2, -0.15) is 5.10 Å². The van der Waals surface area contributed by atoms with Gasteiger partial charge in [-0.1, -0.05) is 13.8 Å². The summed E-state index contributed by atoms with van der Waals surface area (Å²) in [5.41, 5.74) is 0. The first kappa shape index (κ1) is 16.9. The average Bonchev–Trinajstić information content (AvgIpc) is 3.19. The molecule has 7 nitrogen and oxygen atoms in total. The fourth-order valence-corrected chi connectivity index (χ4v) is 3.82. The molecule has 8 heteroatoms. The number of thiazole rings is 1. The number of aromatic nitrogens is 4. The fourth-order valence-electron chi connectivity index (χ4n) is 2.92. The zero-order valence-electron chi connectivity index (χ0n) is 14.4. The number of urea groups is 1. The van der Waals surface area contributed by atoms with E-state index in [-0.39, 0.29) is 18.1 Å². The van der Waals surface area contributed by atoms with Crippen LogP contribution in [0.3, 0.4) is 0 Å². The second-order valence-corrected chi connectivity index (χ2v) is 7.31. The molecule has 2 atom stereocenters. The third kappa shape index (κ3) is 3.58. The van der Waals surface area contributed by atoms with Crippen molar-refractivity contribution in [3.63, 3.8) is 0 Å². The molecule has 2 unspecified atom stereocenters. The normalized spacial score (nSPS) is 18.0. The molecule has 3 heterocycles. The maximum Gasteiger partial charge on any atom is 0.315 e. The van der Waals surface area contributed by atoms with E-state index < -0.39 is 0 Å². The van der Waals surface area contributed by atoms with E-state index in [0.29, 0.717) is 0 Å². The molecule has 1 aliphatic heterocycles. The van der Waals surface area contributed by atoms with E-state index in [1.165, 1.54) is 0 Å². The highest BCUT2D eigenvalue weighted by Crippen LogP contribution is 2.24. The summed E-state index contributed by atoms with van der Waals surface area (Å²) in [6.45, 7) is 6.98. The van der Waals surface area contributed by atoms with Crippen molar-refractivity contribution < 1.29 is 4.79 Å². The minimum atomic E-state index is -0.172. The van der Waals surface area contributed by atoms with Gasteiger partial charge in [0.05, 0.1) is 12.1 Å². The third-order valence-corrected chi connectivity index (χ3v) is 5.22. The molecule has 0 aliphatic carbocycles. The fraction of sp³-hybridized carbons (Fsp3) is 0.625. The highest BCUT2D eigenvalue weighted by atomic mass is 32.1. The number of hydrogen-bond donors (Lipinski definition) is 2. The lowest BCUT2D eigenvalue weighted by Gasteiger charge is -2.24. The van der Waals surface area contributed by atoms with Crippen molar-refractivity contribution in [1.29, 1.82) is 0 Å². The zero-order valence-corrected chi connectivity index (χ0v) is 15.2. The lowest BCUT2D eigenvalue weighted by Crippen LogP contribution is -2.41. The predicted octanol–water partition coefficient (Wildman–Crippen LogP) is 2.89. The van der Waals surface area contributed by atoms with E-state index in [9.17, 15) is 4.79 Å². The average molecular weight is 348 g/mol. The number of nitrogens with zero attached hydrogens (tertiary/aromatic N) is 4. The van der Waals surface area contributed by atoms with Gasteiger partial charge >= 0.3 is 6.03 Å². The number of nitrogens with one attached hydrogen (secondary N) is 2. The minimum absolute atomic E-state index is 0.0589. The lowest BCUT2D eigenvalue weighted by atomic mass is 10.1. The van der Waals surface area contributed by atoms with E-state index in [1.54, 1.807) is 11.3 Å². The van der Waals surface area contributed by atoms with Crippen molar-refractivity contribution in [3.05, 3.63) is 27.7 Å². The van der Waals surface area contributed by atoms with Crippen molar-refractivity contribution in [3.8, 4) is 0 Å². The van der Waals surface area contributed by atoms with E-state index >= 15 is 0 Å². The van der Waals surface area contributed by atoms with Crippen molar-refractivity contribution in [2.45, 2.75) is 65.1 Å². The zero-order chi connectivity index (χ0) is 17.1. The Morgan fingerprint density at radius 2 is 2.33 bits per heavy atom. The van der Waals surface area contributed by atoms with E-state index in [4.69, 9.17) is 0 Å². The summed E-state index contributed by atoms with van der Waals surface area (Å²) < 4.78 is 1.93. The number of carbonyl (C=O) groups is 1. The number of aryl methyl sites for hydroxylation is 3. The first-order chi connectivity index (χ1) is 11.6. The summed E-state index contributed by atoms with van der Waals surface area (Å²) in [4.78, 5) is 22.5. The molecule has 2 aromatic rings. The van der Waals surface area contributed by atoms with Crippen LogP contribution in [0.4, 0.5) is 4.79 Å². The first-order valence-corrected chi connectivity index (χ1v) is 9.35. The summed E-state index contributed by atoms with van der Waals surface area (Å²) in [5, 5.41) is 11.5. The lowest BCUT2D eigenvalue weighted by molar-refractivity contribution is 0.228. The van der Waals surface area contributed by atoms with Crippen LogP contribution in [0.15, 0.2) is 6.20 Å². The van der Waals surface area contributed by atoms with Gasteiger partial charge in [0.2, 0.25) is 0 Å². The van der Waals surface area contributed by atoms with Crippen LogP contribution in [0.2, 0.25) is 0 Å². The molecule has 0 bridgehead atoms. The number of rotatable bonds is 5. The van der Waals surface area contributed by atoms with Gasteiger partial charge in [-0.15, -0.1) is 11.3 Å². The molecule has 0 aromatic carbocycles. The third-order valence-electron chi connectivity index (χ3n) is 4.19. The van der Waals surface area contributed by atoms with Crippen molar-refractivity contribution in [2.24, 2.45) is 0 Å². The summed E-state index contributed by atoms with van der Waals surface area (Å²) in [6, 6.07) is -0.312. The van der Waals surface area contributed by atoms with Crippen LogP contribution in [-0.4, -0.2) is 25.8 Å². The maximum atomic E-state index is 12.4. The molecule has 2 aromatic heterocycles. The highest BCUT2D eigenvalue weighted by Gasteiger charge is 2.26. The molecule has 0 saturated heterocycles.